The van der Waals surface area contributed by atoms with Crippen LogP contribution < -0.4 is 19.7 Å². The van der Waals surface area contributed by atoms with E-state index in [4.69, 9.17) is 21.1 Å². The van der Waals surface area contributed by atoms with Crippen molar-refractivity contribution in [2.24, 2.45) is 0 Å². The molecule has 1 aliphatic heterocycles. The standard InChI is InChI=1S/C23H32ClN5O3S/c1-28(12-8-17-6-7-18(31-2)19(14-17)32-3)21-15-20(24)26-23(27-21)33-16-22(30)25-9-13-29-10-4-5-11-29/h6-7,14-15H,4-5,8-13,16H2,1-3H3,(H,25,30). The molecule has 0 saturated carbocycles. The van der Waals surface area contributed by atoms with E-state index in [0.29, 0.717) is 34.2 Å². The molecular formula is C23H32ClN5O3S. The summed E-state index contributed by atoms with van der Waals surface area (Å²) >= 11 is 7.52. The topological polar surface area (TPSA) is 79.8 Å². The number of nitrogens with one attached hydrogen (secondary N) is 1. The first kappa shape index (κ1) is 25.4. The van der Waals surface area contributed by atoms with Gasteiger partial charge in [-0.05, 0) is 50.0 Å². The van der Waals surface area contributed by atoms with E-state index >= 15 is 0 Å². The zero-order chi connectivity index (χ0) is 23.6. The molecule has 3 rings (SSSR count). The Labute approximate surface area is 205 Å². The number of rotatable bonds is 12. The lowest BCUT2D eigenvalue weighted by molar-refractivity contribution is -0.118. The Morgan fingerprint density at radius 3 is 2.67 bits per heavy atom. The number of ether oxygens (including phenoxy) is 2. The molecule has 0 spiro atoms. The van der Waals surface area contributed by atoms with Crippen LogP contribution >= 0.6 is 23.4 Å². The monoisotopic (exact) mass is 493 g/mol. The Morgan fingerprint density at radius 2 is 1.94 bits per heavy atom. The van der Waals surface area contributed by atoms with Gasteiger partial charge in [-0.3, -0.25) is 4.79 Å². The van der Waals surface area contributed by atoms with Crippen molar-refractivity contribution in [1.82, 2.24) is 20.2 Å². The fraction of sp³-hybridized carbons (Fsp3) is 0.522. The molecule has 0 atom stereocenters. The average Bonchev–Trinajstić information content (AvgIpc) is 3.34. The maximum absolute atomic E-state index is 12.2. The summed E-state index contributed by atoms with van der Waals surface area (Å²) in [5.41, 5.74) is 1.12. The quantitative estimate of drug-likeness (QED) is 0.274. The van der Waals surface area contributed by atoms with Gasteiger partial charge in [0.1, 0.15) is 11.0 Å². The van der Waals surface area contributed by atoms with E-state index in [-0.39, 0.29) is 11.7 Å². The second-order valence-corrected chi connectivity index (χ2v) is 9.21. The third kappa shape index (κ3) is 7.94. The molecule has 1 aromatic heterocycles. The van der Waals surface area contributed by atoms with Gasteiger partial charge in [-0.25, -0.2) is 9.97 Å². The second kappa shape index (κ2) is 12.9. The molecule has 2 heterocycles. The number of benzene rings is 1. The van der Waals surface area contributed by atoms with Gasteiger partial charge in [-0.15, -0.1) is 0 Å². The molecule has 1 N–H and O–H groups in total. The van der Waals surface area contributed by atoms with E-state index in [2.05, 4.69) is 20.2 Å². The third-order valence-electron chi connectivity index (χ3n) is 5.52. The molecule has 1 aliphatic rings. The Balaban J connectivity index is 1.49. The first-order valence-corrected chi connectivity index (χ1v) is 12.4. The van der Waals surface area contributed by atoms with Gasteiger partial charge < -0.3 is 24.6 Å². The molecule has 33 heavy (non-hydrogen) atoms. The van der Waals surface area contributed by atoms with Crippen molar-refractivity contribution in [3.8, 4) is 11.5 Å². The molecule has 1 amide bonds. The van der Waals surface area contributed by atoms with Gasteiger partial charge in [-0.2, -0.15) is 0 Å². The lowest BCUT2D eigenvalue weighted by atomic mass is 10.1. The van der Waals surface area contributed by atoms with Crippen molar-refractivity contribution >= 4 is 35.1 Å². The summed E-state index contributed by atoms with van der Waals surface area (Å²) in [4.78, 5) is 25.4. The summed E-state index contributed by atoms with van der Waals surface area (Å²) in [6.45, 7) is 4.55. The highest BCUT2D eigenvalue weighted by molar-refractivity contribution is 7.99. The Bertz CT molecular complexity index is 927. The van der Waals surface area contributed by atoms with Crippen molar-refractivity contribution in [1.29, 1.82) is 0 Å². The molecule has 2 aromatic rings. The summed E-state index contributed by atoms with van der Waals surface area (Å²) in [5, 5.41) is 3.82. The predicted molar refractivity (Wildman–Crippen MR) is 133 cm³/mol. The normalized spacial score (nSPS) is 13.7. The van der Waals surface area contributed by atoms with E-state index in [0.717, 1.165) is 38.2 Å². The largest absolute Gasteiger partial charge is 0.493 e. The van der Waals surface area contributed by atoms with Crippen LogP contribution in [0.4, 0.5) is 5.82 Å². The number of thioether (sulfide) groups is 1. The van der Waals surface area contributed by atoms with E-state index in [1.165, 1.54) is 24.6 Å². The van der Waals surface area contributed by atoms with Crippen molar-refractivity contribution in [2.45, 2.75) is 24.4 Å². The Hall–Kier alpha value is -2.23. The smallest absolute Gasteiger partial charge is 0.230 e. The van der Waals surface area contributed by atoms with E-state index in [9.17, 15) is 4.79 Å². The minimum absolute atomic E-state index is 0.0221. The average molecular weight is 494 g/mol. The minimum atomic E-state index is -0.0221. The van der Waals surface area contributed by atoms with Gasteiger partial charge in [0.25, 0.3) is 0 Å². The van der Waals surface area contributed by atoms with Gasteiger partial charge in [0.2, 0.25) is 5.91 Å². The number of carbonyl (C=O) groups is 1. The van der Waals surface area contributed by atoms with Gasteiger partial charge in [0.15, 0.2) is 16.7 Å². The number of likely N-dealkylation sites (tertiary alicyclic amines) is 1. The fourth-order valence-electron chi connectivity index (χ4n) is 3.63. The molecule has 0 unspecified atom stereocenters. The summed E-state index contributed by atoms with van der Waals surface area (Å²) < 4.78 is 10.7. The molecule has 8 nitrogen and oxygen atoms in total. The lowest BCUT2D eigenvalue weighted by Crippen LogP contribution is -2.34. The molecule has 1 aromatic carbocycles. The van der Waals surface area contributed by atoms with Gasteiger partial charge in [-0.1, -0.05) is 29.4 Å². The molecule has 0 radical (unpaired) electrons. The highest BCUT2D eigenvalue weighted by Crippen LogP contribution is 2.28. The van der Waals surface area contributed by atoms with Crippen molar-refractivity contribution in [3.63, 3.8) is 0 Å². The van der Waals surface area contributed by atoms with Crippen LogP contribution in [-0.4, -0.2) is 80.5 Å². The summed E-state index contributed by atoms with van der Waals surface area (Å²) in [5.74, 6) is 2.37. The summed E-state index contributed by atoms with van der Waals surface area (Å²) in [7, 11) is 5.21. The number of hydrogen-bond donors (Lipinski definition) is 1. The Morgan fingerprint density at radius 1 is 1.18 bits per heavy atom. The molecular weight excluding hydrogens is 462 g/mol. The molecule has 1 saturated heterocycles. The number of carbonyl (C=O) groups excluding carboxylic acids is 1. The lowest BCUT2D eigenvalue weighted by Gasteiger charge is -2.19. The molecule has 0 bridgehead atoms. The number of hydrogen-bond acceptors (Lipinski definition) is 8. The third-order valence-corrected chi connectivity index (χ3v) is 6.56. The van der Waals surface area contributed by atoms with Crippen molar-refractivity contribution < 1.29 is 14.3 Å². The summed E-state index contributed by atoms with van der Waals surface area (Å²) in [6, 6.07) is 7.63. The highest BCUT2D eigenvalue weighted by atomic mass is 35.5. The van der Waals surface area contributed by atoms with Crippen LogP contribution in [0.25, 0.3) is 0 Å². The van der Waals surface area contributed by atoms with Gasteiger partial charge in [0.05, 0.1) is 20.0 Å². The molecule has 180 valence electrons. The van der Waals surface area contributed by atoms with Crippen molar-refractivity contribution in [3.05, 3.63) is 35.0 Å². The van der Waals surface area contributed by atoms with Crippen LogP contribution in [0.3, 0.4) is 0 Å². The van der Waals surface area contributed by atoms with E-state index in [1.807, 2.05) is 30.1 Å². The SMILES string of the molecule is COc1ccc(CCN(C)c2cc(Cl)nc(SCC(=O)NCCN3CCCC3)n2)cc1OC. The van der Waals surface area contributed by atoms with Crippen LogP contribution in [-0.2, 0) is 11.2 Å². The van der Waals surface area contributed by atoms with Crippen LogP contribution in [0, 0.1) is 0 Å². The van der Waals surface area contributed by atoms with Crippen molar-refractivity contribution in [2.75, 3.05) is 64.6 Å². The maximum atomic E-state index is 12.2. The minimum Gasteiger partial charge on any atom is -0.493 e. The zero-order valence-corrected chi connectivity index (χ0v) is 21.0. The number of likely N-dealkylation sites (N-methyl/N-ethyl adjacent to an activating group) is 1. The second-order valence-electron chi connectivity index (χ2n) is 7.88. The number of amides is 1. The number of methoxy groups -OCH3 is 2. The molecule has 0 aliphatic carbocycles. The molecule has 1 fully saturated rings. The van der Waals surface area contributed by atoms with Crippen LogP contribution in [0.15, 0.2) is 29.4 Å². The highest BCUT2D eigenvalue weighted by Gasteiger charge is 2.13. The van der Waals surface area contributed by atoms with E-state index in [1.54, 1.807) is 20.3 Å². The van der Waals surface area contributed by atoms with Crippen LogP contribution in [0.5, 0.6) is 11.5 Å². The number of anilines is 1. The predicted octanol–water partition coefficient (Wildman–Crippen LogP) is 3.13. The summed E-state index contributed by atoms with van der Waals surface area (Å²) in [6.07, 6.45) is 3.29. The van der Waals surface area contributed by atoms with Gasteiger partial charge in [0, 0.05) is 32.7 Å². The number of aromatic nitrogens is 2. The fourth-order valence-corrected chi connectivity index (χ4v) is 4.54. The zero-order valence-electron chi connectivity index (χ0n) is 19.5. The first-order chi connectivity index (χ1) is 16.0. The maximum Gasteiger partial charge on any atom is 0.230 e. The van der Waals surface area contributed by atoms with Crippen LogP contribution in [0.1, 0.15) is 18.4 Å². The van der Waals surface area contributed by atoms with E-state index < -0.39 is 0 Å². The molecule has 10 heteroatoms. The van der Waals surface area contributed by atoms with Crippen LogP contribution in [0.2, 0.25) is 5.15 Å². The number of halogens is 1. The van der Waals surface area contributed by atoms with Gasteiger partial charge >= 0.3 is 0 Å². The first-order valence-electron chi connectivity index (χ1n) is 11.1. The number of nitrogens with zero attached hydrogens (tertiary/aromatic N) is 4. The Kier molecular flexibility index (Phi) is 9.90.